The van der Waals surface area contributed by atoms with Crippen molar-refractivity contribution < 1.29 is 0 Å². The van der Waals surface area contributed by atoms with Crippen LogP contribution in [0.5, 0.6) is 0 Å². The standard InChI is InChI=1S/C16H29N3S/c1-5-8-13-14(11-17-6-2)20-15(18-13)19-10-7-9-16(3,4)12-19/h17H,5-12H2,1-4H3. The highest BCUT2D eigenvalue weighted by Gasteiger charge is 2.28. The fraction of sp³-hybridized carbons (Fsp3) is 0.812. The van der Waals surface area contributed by atoms with E-state index in [-0.39, 0.29) is 0 Å². The van der Waals surface area contributed by atoms with Crippen LogP contribution in [0.15, 0.2) is 0 Å². The average Bonchev–Trinajstić information content (AvgIpc) is 2.79. The fourth-order valence-electron chi connectivity index (χ4n) is 2.90. The number of piperidine rings is 1. The Labute approximate surface area is 127 Å². The summed E-state index contributed by atoms with van der Waals surface area (Å²) >= 11 is 1.90. The van der Waals surface area contributed by atoms with Gasteiger partial charge in [-0.25, -0.2) is 4.98 Å². The molecule has 1 aromatic rings. The van der Waals surface area contributed by atoms with Gasteiger partial charge >= 0.3 is 0 Å². The predicted molar refractivity (Wildman–Crippen MR) is 88.7 cm³/mol. The fourth-order valence-corrected chi connectivity index (χ4v) is 4.00. The summed E-state index contributed by atoms with van der Waals surface area (Å²) in [6.07, 6.45) is 4.90. The van der Waals surface area contributed by atoms with Crippen molar-refractivity contribution in [1.29, 1.82) is 0 Å². The molecule has 2 heterocycles. The highest BCUT2D eigenvalue weighted by atomic mass is 32.1. The summed E-state index contributed by atoms with van der Waals surface area (Å²) in [7, 11) is 0. The Hall–Kier alpha value is -0.610. The van der Waals surface area contributed by atoms with Gasteiger partial charge in [-0.15, -0.1) is 11.3 Å². The number of anilines is 1. The molecule has 4 heteroatoms. The van der Waals surface area contributed by atoms with Crippen LogP contribution in [0.3, 0.4) is 0 Å². The molecular formula is C16H29N3S. The molecule has 0 atom stereocenters. The SMILES string of the molecule is CCCc1nc(N2CCCC(C)(C)C2)sc1CNCC. The third-order valence-electron chi connectivity index (χ3n) is 3.96. The second-order valence-electron chi connectivity index (χ2n) is 6.59. The van der Waals surface area contributed by atoms with E-state index in [2.05, 4.69) is 37.9 Å². The van der Waals surface area contributed by atoms with Crippen LogP contribution in [0.4, 0.5) is 5.13 Å². The summed E-state index contributed by atoms with van der Waals surface area (Å²) in [5.74, 6) is 0. The lowest BCUT2D eigenvalue weighted by Crippen LogP contribution is -2.40. The van der Waals surface area contributed by atoms with Crippen molar-refractivity contribution in [2.24, 2.45) is 5.41 Å². The first kappa shape index (κ1) is 15.8. The Balaban J connectivity index is 2.14. The van der Waals surface area contributed by atoms with Crippen molar-refractivity contribution in [3.8, 4) is 0 Å². The zero-order valence-electron chi connectivity index (χ0n) is 13.5. The van der Waals surface area contributed by atoms with Crippen molar-refractivity contribution in [3.63, 3.8) is 0 Å². The molecule has 0 aromatic carbocycles. The van der Waals surface area contributed by atoms with E-state index in [1.165, 1.54) is 41.5 Å². The van der Waals surface area contributed by atoms with Crippen LogP contribution in [0.1, 0.15) is 57.5 Å². The zero-order valence-corrected chi connectivity index (χ0v) is 14.3. The first-order chi connectivity index (χ1) is 9.55. The molecule has 1 saturated heterocycles. The van der Waals surface area contributed by atoms with E-state index < -0.39 is 0 Å². The van der Waals surface area contributed by atoms with Crippen molar-refractivity contribution in [2.45, 2.75) is 59.9 Å². The number of hydrogen-bond acceptors (Lipinski definition) is 4. The van der Waals surface area contributed by atoms with Gasteiger partial charge in [-0.1, -0.05) is 34.1 Å². The number of rotatable bonds is 6. The Morgan fingerprint density at radius 2 is 2.15 bits per heavy atom. The van der Waals surface area contributed by atoms with Crippen LogP contribution in [-0.2, 0) is 13.0 Å². The maximum atomic E-state index is 4.95. The van der Waals surface area contributed by atoms with Gasteiger partial charge in [-0.2, -0.15) is 0 Å². The number of hydrogen-bond donors (Lipinski definition) is 1. The van der Waals surface area contributed by atoms with Gasteiger partial charge in [0.05, 0.1) is 5.69 Å². The number of aromatic nitrogens is 1. The molecule has 1 aromatic heterocycles. The molecule has 20 heavy (non-hydrogen) atoms. The third kappa shape index (κ3) is 3.95. The molecule has 0 bridgehead atoms. The van der Waals surface area contributed by atoms with Crippen molar-refractivity contribution >= 4 is 16.5 Å². The van der Waals surface area contributed by atoms with Gasteiger partial charge in [0.2, 0.25) is 0 Å². The highest BCUT2D eigenvalue weighted by Crippen LogP contribution is 2.34. The Morgan fingerprint density at radius 3 is 2.80 bits per heavy atom. The van der Waals surface area contributed by atoms with E-state index >= 15 is 0 Å². The zero-order chi connectivity index (χ0) is 14.6. The molecule has 114 valence electrons. The van der Waals surface area contributed by atoms with E-state index in [1.54, 1.807) is 0 Å². The number of nitrogens with zero attached hydrogens (tertiary/aromatic N) is 2. The van der Waals surface area contributed by atoms with Gasteiger partial charge < -0.3 is 10.2 Å². The van der Waals surface area contributed by atoms with E-state index in [1.807, 2.05) is 11.3 Å². The lowest BCUT2D eigenvalue weighted by molar-refractivity contribution is 0.293. The highest BCUT2D eigenvalue weighted by molar-refractivity contribution is 7.15. The number of aryl methyl sites for hydroxylation is 1. The van der Waals surface area contributed by atoms with Crippen molar-refractivity contribution in [1.82, 2.24) is 10.3 Å². The second kappa shape index (κ2) is 6.90. The Morgan fingerprint density at radius 1 is 1.35 bits per heavy atom. The Kier molecular flexibility index (Phi) is 5.44. The molecule has 3 nitrogen and oxygen atoms in total. The monoisotopic (exact) mass is 295 g/mol. The molecular weight excluding hydrogens is 266 g/mol. The minimum atomic E-state index is 0.427. The van der Waals surface area contributed by atoms with Gasteiger partial charge in [0, 0.05) is 24.5 Å². The van der Waals surface area contributed by atoms with Crippen LogP contribution in [0.25, 0.3) is 0 Å². The predicted octanol–water partition coefficient (Wildman–Crippen LogP) is 3.83. The van der Waals surface area contributed by atoms with Gasteiger partial charge in [0.25, 0.3) is 0 Å². The molecule has 0 radical (unpaired) electrons. The molecule has 0 unspecified atom stereocenters. The van der Waals surface area contributed by atoms with Crippen LogP contribution >= 0.6 is 11.3 Å². The van der Waals surface area contributed by atoms with Gasteiger partial charge in [0.15, 0.2) is 5.13 Å². The van der Waals surface area contributed by atoms with Crippen molar-refractivity contribution in [3.05, 3.63) is 10.6 Å². The number of thiazole rings is 1. The van der Waals surface area contributed by atoms with E-state index in [0.29, 0.717) is 5.41 Å². The summed E-state index contributed by atoms with van der Waals surface area (Å²) < 4.78 is 0. The minimum absolute atomic E-state index is 0.427. The Bertz CT molecular complexity index is 425. The summed E-state index contributed by atoms with van der Waals surface area (Å²) in [4.78, 5) is 8.89. The lowest BCUT2D eigenvalue weighted by atomic mass is 9.84. The largest absolute Gasteiger partial charge is 0.348 e. The third-order valence-corrected chi connectivity index (χ3v) is 5.12. The van der Waals surface area contributed by atoms with Gasteiger partial charge in [-0.3, -0.25) is 0 Å². The summed E-state index contributed by atoms with van der Waals surface area (Å²) in [6.45, 7) is 13.5. The maximum Gasteiger partial charge on any atom is 0.185 e. The second-order valence-corrected chi connectivity index (χ2v) is 7.65. The first-order valence-corrected chi connectivity index (χ1v) is 8.81. The molecule has 0 spiro atoms. The summed E-state index contributed by atoms with van der Waals surface area (Å²) in [6, 6.07) is 0. The van der Waals surface area contributed by atoms with Crippen LogP contribution in [-0.4, -0.2) is 24.6 Å². The quantitative estimate of drug-likeness (QED) is 0.864. The molecule has 0 amide bonds. The average molecular weight is 295 g/mol. The molecule has 1 aliphatic rings. The van der Waals surface area contributed by atoms with E-state index in [4.69, 9.17) is 4.98 Å². The smallest absolute Gasteiger partial charge is 0.185 e. The molecule has 0 aliphatic carbocycles. The van der Waals surface area contributed by atoms with Crippen LogP contribution < -0.4 is 10.2 Å². The molecule has 1 fully saturated rings. The van der Waals surface area contributed by atoms with Gasteiger partial charge in [0.1, 0.15) is 0 Å². The summed E-state index contributed by atoms with van der Waals surface area (Å²) in [5.41, 5.74) is 1.74. The molecule has 0 saturated carbocycles. The molecule has 1 aliphatic heterocycles. The van der Waals surface area contributed by atoms with Crippen molar-refractivity contribution in [2.75, 3.05) is 24.5 Å². The lowest BCUT2D eigenvalue weighted by Gasteiger charge is -2.37. The minimum Gasteiger partial charge on any atom is -0.348 e. The summed E-state index contributed by atoms with van der Waals surface area (Å²) in [5, 5.41) is 4.69. The first-order valence-electron chi connectivity index (χ1n) is 8.00. The van der Waals surface area contributed by atoms with Crippen LogP contribution in [0, 0.1) is 5.41 Å². The topological polar surface area (TPSA) is 28.2 Å². The normalized spacial score (nSPS) is 18.5. The van der Waals surface area contributed by atoms with E-state index in [0.717, 1.165) is 26.1 Å². The maximum absolute atomic E-state index is 4.95. The van der Waals surface area contributed by atoms with E-state index in [9.17, 15) is 0 Å². The van der Waals surface area contributed by atoms with Gasteiger partial charge in [-0.05, 0) is 31.2 Å². The number of nitrogens with one attached hydrogen (secondary N) is 1. The van der Waals surface area contributed by atoms with Crippen LogP contribution in [0.2, 0.25) is 0 Å². The molecule has 1 N–H and O–H groups in total. The molecule has 2 rings (SSSR count).